The number of rotatable bonds is 4. The minimum atomic E-state index is 0.185. The molecule has 1 aromatic heterocycles. The highest BCUT2D eigenvalue weighted by atomic mass is 15.0. The molecule has 1 N–H and O–H groups in total. The van der Waals surface area contributed by atoms with Crippen molar-refractivity contribution in [3.8, 4) is 18.4 Å². The molecule has 1 aromatic carbocycles. The minimum absolute atomic E-state index is 0.185. The number of pyridine rings is 1. The molecule has 0 fully saturated rings. The number of anilines is 1. The Morgan fingerprint density at radius 1 is 1.42 bits per heavy atom. The van der Waals surface area contributed by atoms with Crippen molar-refractivity contribution in [1.82, 2.24) is 4.98 Å². The summed E-state index contributed by atoms with van der Waals surface area (Å²) in [4.78, 5) is 4.52. The molecule has 19 heavy (non-hydrogen) atoms. The maximum absolute atomic E-state index is 9.22. The van der Waals surface area contributed by atoms with Crippen LogP contribution in [0.15, 0.2) is 30.3 Å². The zero-order valence-corrected chi connectivity index (χ0v) is 10.9. The first-order valence-electron chi connectivity index (χ1n) is 6.28. The van der Waals surface area contributed by atoms with Gasteiger partial charge in [-0.3, -0.25) is 0 Å². The molecule has 0 aliphatic rings. The second kappa shape index (κ2) is 5.89. The molecule has 2 aromatic rings. The number of nitrogens with one attached hydrogen (secondary N) is 1. The van der Waals surface area contributed by atoms with Crippen molar-refractivity contribution in [2.75, 3.05) is 5.32 Å². The van der Waals surface area contributed by atoms with Crippen LogP contribution in [0.3, 0.4) is 0 Å². The number of hydrogen-bond acceptors (Lipinski definition) is 3. The van der Waals surface area contributed by atoms with Gasteiger partial charge in [-0.25, -0.2) is 4.98 Å². The van der Waals surface area contributed by atoms with Gasteiger partial charge in [-0.15, -0.1) is 12.3 Å². The van der Waals surface area contributed by atoms with Crippen molar-refractivity contribution in [2.24, 2.45) is 0 Å². The van der Waals surface area contributed by atoms with E-state index in [2.05, 4.69) is 29.2 Å². The summed E-state index contributed by atoms with van der Waals surface area (Å²) in [6.07, 6.45) is 6.91. The second-order valence-electron chi connectivity index (χ2n) is 4.34. The molecule has 0 radical (unpaired) electrons. The summed E-state index contributed by atoms with van der Waals surface area (Å²) in [5.41, 5.74) is 1.45. The smallest absolute Gasteiger partial charge is 0.128 e. The number of para-hydroxylation sites is 1. The average molecular weight is 249 g/mol. The first-order chi connectivity index (χ1) is 9.28. The van der Waals surface area contributed by atoms with E-state index >= 15 is 0 Å². The lowest BCUT2D eigenvalue weighted by atomic mass is 10.1. The molecule has 2 rings (SSSR count). The Bertz CT molecular complexity index is 662. The minimum Gasteiger partial charge on any atom is -0.366 e. The second-order valence-corrected chi connectivity index (χ2v) is 4.34. The van der Waals surface area contributed by atoms with Gasteiger partial charge in [0, 0.05) is 17.8 Å². The molecule has 1 unspecified atom stereocenters. The standard InChI is InChI=1S/C16H15N3/c1-3-7-13(4-2)18-16-10-12(11-17)14-8-5-6-9-15(14)19-16/h1,5-6,8-10,13H,4,7H2,2H3,(H,18,19). The molecule has 1 atom stereocenters. The first-order valence-corrected chi connectivity index (χ1v) is 6.28. The van der Waals surface area contributed by atoms with Crippen LogP contribution in [0.5, 0.6) is 0 Å². The van der Waals surface area contributed by atoms with Gasteiger partial charge in [-0.05, 0) is 18.6 Å². The van der Waals surface area contributed by atoms with Gasteiger partial charge in [-0.1, -0.05) is 25.1 Å². The SMILES string of the molecule is C#CCC(CC)Nc1cc(C#N)c2ccccc2n1. The highest BCUT2D eigenvalue weighted by Gasteiger charge is 2.08. The Balaban J connectivity index is 2.40. The predicted molar refractivity (Wildman–Crippen MR) is 77.6 cm³/mol. The molecule has 0 aliphatic carbocycles. The van der Waals surface area contributed by atoms with Gasteiger partial charge in [0.15, 0.2) is 0 Å². The molecule has 0 amide bonds. The number of aromatic nitrogens is 1. The third-order valence-electron chi connectivity index (χ3n) is 3.05. The van der Waals surface area contributed by atoms with Gasteiger partial charge < -0.3 is 5.32 Å². The summed E-state index contributed by atoms with van der Waals surface area (Å²) in [7, 11) is 0. The zero-order chi connectivity index (χ0) is 13.7. The predicted octanol–water partition coefficient (Wildman–Crippen LogP) is 3.32. The number of terminal acetylenes is 1. The quantitative estimate of drug-likeness (QED) is 0.845. The van der Waals surface area contributed by atoms with E-state index in [1.165, 1.54) is 0 Å². The Kier molecular flexibility index (Phi) is 4.00. The lowest BCUT2D eigenvalue weighted by Crippen LogP contribution is -2.18. The van der Waals surface area contributed by atoms with E-state index in [1.54, 1.807) is 6.07 Å². The Morgan fingerprint density at radius 2 is 2.21 bits per heavy atom. The van der Waals surface area contributed by atoms with Crippen LogP contribution in [-0.2, 0) is 0 Å². The molecule has 3 nitrogen and oxygen atoms in total. The van der Waals surface area contributed by atoms with E-state index in [0.29, 0.717) is 17.8 Å². The number of nitrogens with zero attached hydrogens (tertiary/aromatic N) is 2. The summed E-state index contributed by atoms with van der Waals surface area (Å²) in [6.45, 7) is 2.07. The highest BCUT2D eigenvalue weighted by Crippen LogP contribution is 2.21. The van der Waals surface area contributed by atoms with Crippen LogP contribution in [0.25, 0.3) is 10.9 Å². The Hall–Kier alpha value is -2.52. The molecule has 1 heterocycles. The maximum Gasteiger partial charge on any atom is 0.128 e. The third kappa shape index (κ3) is 2.84. The number of fused-ring (bicyclic) bond motifs is 1. The number of hydrogen-bond donors (Lipinski definition) is 1. The summed E-state index contributed by atoms with van der Waals surface area (Å²) >= 11 is 0. The summed E-state index contributed by atoms with van der Waals surface area (Å²) < 4.78 is 0. The van der Waals surface area contributed by atoms with Crippen LogP contribution in [0, 0.1) is 23.7 Å². The molecule has 0 bridgehead atoms. The Morgan fingerprint density at radius 3 is 2.89 bits per heavy atom. The van der Waals surface area contributed by atoms with E-state index in [4.69, 9.17) is 6.42 Å². The average Bonchev–Trinajstić information content (AvgIpc) is 2.45. The highest BCUT2D eigenvalue weighted by molar-refractivity contribution is 5.86. The summed E-state index contributed by atoms with van der Waals surface area (Å²) in [5, 5.41) is 13.4. The van der Waals surface area contributed by atoms with Crippen LogP contribution < -0.4 is 5.32 Å². The molecular weight excluding hydrogens is 234 g/mol. The Labute approximate surface area is 113 Å². The van der Waals surface area contributed by atoms with Gasteiger partial charge in [-0.2, -0.15) is 5.26 Å². The fourth-order valence-electron chi connectivity index (χ4n) is 1.99. The number of benzene rings is 1. The fourth-order valence-corrected chi connectivity index (χ4v) is 1.99. The van der Waals surface area contributed by atoms with Crippen LogP contribution in [0.1, 0.15) is 25.3 Å². The van der Waals surface area contributed by atoms with Crippen molar-refractivity contribution in [3.05, 3.63) is 35.9 Å². The molecular formula is C16H15N3. The van der Waals surface area contributed by atoms with Crippen molar-refractivity contribution in [3.63, 3.8) is 0 Å². The molecule has 0 saturated carbocycles. The van der Waals surface area contributed by atoms with Crippen LogP contribution >= 0.6 is 0 Å². The maximum atomic E-state index is 9.22. The normalized spacial score (nSPS) is 11.5. The topological polar surface area (TPSA) is 48.7 Å². The van der Waals surface area contributed by atoms with Gasteiger partial charge in [0.25, 0.3) is 0 Å². The number of nitriles is 1. The lowest BCUT2D eigenvalue weighted by Gasteiger charge is -2.15. The summed E-state index contributed by atoms with van der Waals surface area (Å²) in [5.74, 6) is 3.36. The summed E-state index contributed by atoms with van der Waals surface area (Å²) in [6, 6.07) is 11.8. The monoisotopic (exact) mass is 249 g/mol. The molecule has 0 aliphatic heterocycles. The third-order valence-corrected chi connectivity index (χ3v) is 3.05. The fraction of sp³-hybridized carbons (Fsp3) is 0.250. The van der Waals surface area contributed by atoms with Crippen molar-refractivity contribution >= 4 is 16.7 Å². The van der Waals surface area contributed by atoms with E-state index in [-0.39, 0.29) is 6.04 Å². The van der Waals surface area contributed by atoms with E-state index in [0.717, 1.165) is 17.3 Å². The first kappa shape index (κ1) is 12.9. The molecule has 0 spiro atoms. The van der Waals surface area contributed by atoms with Gasteiger partial charge in [0.1, 0.15) is 5.82 Å². The molecule has 94 valence electrons. The molecule has 3 heteroatoms. The van der Waals surface area contributed by atoms with E-state index in [1.807, 2.05) is 24.3 Å². The van der Waals surface area contributed by atoms with Crippen molar-refractivity contribution < 1.29 is 0 Å². The van der Waals surface area contributed by atoms with E-state index in [9.17, 15) is 5.26 Å². The van der Waals surface area contributed by atoms with Crippen LogP contribution in [-0.4, -0.2) is 11.0 Å². The lowest BCUT2D eigenvalue weighted by molar-refractivity contribution is 0.712. The van der Waals surface area contributed by atoms with Crippen molar-refractivity contribution in [1.29, 1.82) is 5.26 Å². The van der Waals surface area contributed by atoms with Crippen LogP contribution in [0.2, 0.25) is 0 Å². The van der Waals surface area contributed by atoms with E-state index < -0.39 is 0 Å². The zero-order valence-electron chi connectivity index (χ0n) is 10.9. The van der Waals surface area contributed by atoms with Crippen LogP contribution in [0.4, 0.5) is 5.82 Å². The van der Waals surface area contributed by atoms with Crippen molar-refractivity contribution in [2.45, 2.75) is 25.8 Å². The largest absolute Gasteiger partial charge is 0.366 e. The van der Waals surface area contributed by atoms with Gasteiger partial charge in [0.05, 0.1) is 17.1 Å². The molecule has 0 saturated heterocycles. The van der Waals surface area contributed by atoms with Gasteiger partial charge >= 0.3 is 0 Å². The van der Waals surface area contributed by atoms with Gasteiger partial charge in [0.2, 0.25) is 0 Å².